The van der Waals surface area contributed by atoms with Crippen LogP contribution in [0.3, 0.4) is 0 Å². The van der Waals surface area contributed by atoms with E-state index in [0.717, 1.165) is 95.0 Å². The predicted octanol–water partition coefficient (Wildman–Crippen LogP) is 8.42. The largest absolute Gasteiger partial charge is 0.450 e. The first-order chi connectivity index (χ1) is 71.8. The van der Waals surface area contributed by atoms with Crippen LogP contribution in [0, 0.1) is 29.6 Å². The molecule has 3 aromatic rings. The van der Waals surface area contributed by atoms with E-state index in [-0.39, 0.29) is 101 Å². The molecule has 0 unspecified atom stereocenters. The average molecular weight is 2130 g/mol. The third kappa shape index (κ3) is 24.5. The Labute approximate surface area is 873 Å². The third-order valence-corrected chi connectivity index (χ3v) is 37.2. The van der Waals surface area contributed by atoms with Crippen LogP contribution in [0.2, 0.25) is 0 Å². The minimum absolute atomic E-state index is 0.0383. The Bertz CT molecular complexity index is 6310. The summed E-state index contributed by atoms with van der Waals surface area (Å²) < 4.78 is 106. The number of alkyl carbamates (subject to hydrolysis) is 1. The van der Waals surface area contributed by atoms with Gasteiger partial charge in [-0.2, -0.15) is 0 Å². The smallest absolute Gasteiger partial charge is 0.410 e. The molecule has 3 aromatic carbocycles. The first-order valence-electron chi connectivity index (χ1n) is 52.9. The van der Waals surface area contributed by atoms with Crippen molar-refractivity contribution in [2.24, 2.45) is 29.6 Å². The standard InChI is InChI=1S/C36H45N5O9S.C36H47N5O8S.C35H45N5O8S/c1-2-25-18-36(25,33(44)39-51(47,48)27-14-15-27)38-31(42)29-17-26-20-41(29)32(43)30(23-10-5-6-11-23)37-34(45)49-16-7-3-4-9-22-12-8-13-24-19-40(21-28(22)24)35(46)50-26;1-3-5-14-29-33(44)41-21-26(18-30(41)32(43)38-36(19-25(36)4-2)34(45)39-50(47,48)27-16-17-27)49-35(46)40-20-24-13-10-12-23(28(24)22-40)11-8-6-7-9-15-31(42)37-29;1-4-24-17-35(24,33(44)38-49(46,47)26-14-15-26)37-31(42)28-16-25-19-40(28)32(43)30(21(2)3)36-29(41)13-8-6-5-7-10-22-11-9-12-23-18-39(20-27(22)23)34(45)48-25/h2,4,8-9,12-13,23,25-27,29-30H,1,3,5-7,10-11,14-21H2,(H,37,45)(H,38,42)(H,39,44);4,8,10-13,25-27,29-30H,2-3,5-7,9,14-22H2,1H3,(H,37,42)(H,38,43)(H,39,45);4,7,9-12,21,24-26,28,30H,1,5-6,8,13-20H2,2-3H3,(H,36,41)(H,37,42)(H,38,44)/b9-4+;11-8+;10-7+/t2*25-,26-,29+,30+,36-;24-,25-,28+,30+,35-/m111/s1. The highest BCUT2D eigenvalue weighted by Crippen LogP contribution is 2.50. The van der Waals surface area contributed by atoms with Crippen molar-refractivity contribution in [1.82, 2.24) is 75.5 Å². The molecule has 0 radical (unpaired) electrons. The first kappa shape index (κ1) is 108. The molecule has 7 aliphatic carbocycles. The zero-order valence-corrected chi connectivity index (χ0v) is 87.5. The Morgan fingerprint density at radius 2 is 0.807 bits per heavy atom. The van der Waals surface area contributed by atoms with Crippen LogP contribution in [0.5, 0.6) is 0 Å². The van der Waals surface area contributed by atoms with Crippen molar-refractivity contribution < 1.29 is 116 Å². The van der Waals surface area contributed by atoms with Gasteiger partial charge in [-0.05, 0) is 190 Å². The number of nitrogens with one attached hydrogen (secondary N) is 9. The molecule has 12 bridgehead atoms. The van der Waals surface area contributed by atoms with Crippen molar-refractivity contribution in [2.45, 2.75) is 333 Å². The molecule has 9 heterocycles. The minimum atomic E-state index is -3.90. The lowest BCUT2D eigenvalue weighted by atomic mass is 9.96. The van der Waals surface area contributed by atoms with Crippen molar-refractivity contribution in [3.05, 3.63) is 161 Å². The Morgan fingerprint density at radius 1 is 0.447 bits per heavy atom. The molecule has 9 N–H and O–H groups in total. The molecule has 150 heavy (non-hydrogen) atoms. The minimum Gasteiger partial charge on any atom is -0.450 e. The molecule has 16 aliphatic rings. The molecule has 15 atom stereocenters. The summed E-state index contributed by atoms with van der Waals surface area (Å²) >= 11 is 0. The summed E-state index contributed by atoms with van der Waals surface area (Å²) in [5, 5.41) is 14.9. The summed E-state index contributed by atoms with van der Waals surface area (Å²) in [7, 11) is -11.7. The average Bonchev–Trinajstić information content (AvgIpc) is 1.58. The van der Waals surface area contributed by atoms with Gasteiger partial charge in [0.05, 0.1) is 61.6 Å². The molecule has 10 fully saturated rings. The van der Waals surface area contributed by atoms with Crippen LogP contribution < -0.4 is 46.1 Å². The molecular weight excluding hydrogens is 1990 g/mol. The number of amides is 15. The number of nitrogens with zero attached hydrogens (tertiary/aromatic N) is 6. The SMILES string of the molecule is C=C[C@@H]1C[C@]1(NC(=O)[C@@H]1C[C@@H]2CN1C(=O)[C@H](C(C)C)NC(=O)CCCC/C=C/c1cccc3c1CN(C3)C(=O)O2)C(=O)NS(=O)(=O)C1CC1.C=C[C@@H]1C[C@]1(NC(=O)[C@@H]1C[C@@H]2CN1C(=O)[C@H](C1CCCC1)NC(=O)OCCC/C=C/c1cccc3c1CN(C3)C(=O)O2)C(=O)NS(=O)(=O)C1CC1.C=C[C@@H]1C[C@]1(NC(=O)[C@@H]1C[C@@H]2CN1C(=O)[C@H](CCCC)NC(=O)CCCC/C=C/c1cccc3c1CN(C3)C(=O)O2)C(=O)NS(=O)(=O)C1CC1. The molecule has 9 aliphatic heterocycles. The number of rotatable bonds is 23. The van der Waals surface area contributed by atoms with Crippen molar-refractivity contribution >= 4 is 138 Å². The molecule has 15 amide bonds. The maximum atomic E-state index is 14.4. The summed E-state index contributed by atoms with van der Waals surface area (Å²) in [5.74, 6) is -8.70. The predicted molar refractivity (Wildman–Crippen MR) is 548 cm³/mol. The van der Waals surface area contributed by atoms with Crippen LogP contribution in [-0.4, -0.2) is 257 Å². The van der Waals surface area contributed by atoms with E-state index < -0.39 is 212 Å². The lowest BCUT2D eigenvalue weighted by Crippen LogP contribution is -2.59. The van der Waals surface area contributed by atoms with Gasteiger partial charge in [0.1, 0.15) is 71.2 Å². The van der Waals surface area contributed by atoms with Crippen molar-refractivity contribution in [3.63, 3.8) is 0 Å². The molecule has 43 heteroatoms. The van der Waals surface area contributed by atoms with Gasteiger partial charge < -0.3 is 65.5 Å². The lowest BCUT2D eigenvalue weighted by molar-refractivity contribution is -0.143. The normalized spacial score (nSPS) is 29.8. The van der Waals surface area contributed by atoms with Crippen LogP contribution >= 0.6 is 0 Å². The summed E-state index contributed by atoms with van der Waals surface area (Å²) in [4.78, 5) is 214. The molecule has 808 valence electrons. The monoisotopic (exact) mass is 2130 g/mol. The second kappa shape index (κ2) is 45.4. The quantitative estimate of drug-likeness (QED) is 0.0317. The van der Waals surface area contributed by atoms with Gasteiger partial charge in [-0.1, -0.05) is 156 Å². The summed E-state index contributed by atoms with van der Waals surface area (Å²) in [6, 6.07) is 11.4. The third-order valence-electron chi connectivity index (χ3n) is 31.8. The van der Waals surface area contributed by atoms with Crippen LogP contribution in [0.25, 0.3) is 18.2 Å². The van der Waals surface area contributed by atoms with E-state index >= 15 is 0 Å². The fraction of sp³-hybridized carbons (Fsp3) is 0.579. The molecule has 0 spiro atoms. The highest BCUT2D eigenvalue weighted by atomic mass is 32.2. The fourth-order valence-corrected chi connectivity index (χ4v) is 26.3. The zero-order chi connectivity index (χ0) is 107. The van der Waals surface area contributed by atoms with E-state index in [1.165, 1.54) is 32.9 Å². The molecular formula is C107H137N15O25S3. The van der Waals surface area contributed by atoms with Gasteiger partial charge in [0.25, 0.3) is 17.7 Å². The van der Waals surface area contributed by atoms with Crippen LogP contribution in [-0.2, 0) is 141 Å². The van der Waals surface area contributed by atoms with Crippen molar-refractivity contribution in [2.75, 3.05) is 26.2 Å². The van der Waals surface area contributed by atoms with E-state index in [1.54, 1.807) is 28.5 Å². The maximum absolute atomic E-state index is 14.4. The van der Waals surface area contributed by atoms with E-state index in [2.05, 4.69) is 78.0 Å². The van der Waals surface area contributed by atoms with Gasteiger partial charge in [-0.15, -0.1) is 19.7 Å². The molecule has 3 saturated heterocycles. The van der Waals surface area contributed by atoms with Gasteiger partial charge in [0.2, 0.25) is 77.3 Å². The van der Waals surface area contributed by atoms with Gasteiger partial charge in [-0.25, -0.2) is 44.4 Å². The topological polar surface area (TPSA) is 523 Å². The van der Waals surface area contributed by atoms with E-state index in [1.807, 2.05) is 85.8 Å². The Morgan fingerprint density at radius 3 is 1.16 bits per heavy atom. The number of unbranched alkanes of at least 4 members (excludes halogenated alkanes) is 1. The molecule has 0 aromatic heterocycles. The maximum Gasteiger partial charge on any atom is 0.410 e. The Balaban J connectivity index is 0.000000153. The molecule has 7 saturated carbocycles. The van der Waals surface area contributed by atoms with Gasteiger partial charge in [0, 0.05) is 69.5 Å². The van der Waals surface area contributed by atoms with Crippen LogP contribution in [0.1, 0.15) is 257 Å². The van der Waals surface area contributed by atoms with Crippen LogP contribution in [0.15, 0.2) is 111 Å². The molecule has 40 nitrogen and oxygen atoms in total. The number of carbonyl (C=O) groups is 15. The number of carbonyl (C=O) groups excluding carboxylic acids is 15. The summed E-state index contributed by atoms with van der Waals surface area (Å²) in [6.45, 7) is 18.8. The van der Waals surface area contributed by atoms with Gasteiger partial charge in [0.15, 0.2) is 0 Å². The van der Waals surface area contributed by atoms with Gasteiger partial charge >= 0.3 is 24.4 Å². The summed E-state index contributed by atoms with van der Waals surface area (Å²) in [6.07, 6.45) is 25.7. The molecule has 19 rings (SSSR count). The number of allylic oxidation sites excluding steroid dienone is 3. The first-order valence-corrected chi connectivity index (χ1v) is 57.5. The van der Waals surface area contributed by atoms with E-state index in [4.69, 9.17) is 18.9 Å². The Kier molecular flexibility index (Phi) is 32.8. The Hall–Kier alpha value is -12.8. The number of ether oxygens (including phenoxy) is 4. The van der Waals surface area contributed by atoms with E-state index in [9.17, 15) is 97.2 Å². The zero-order valence-electron chi connectivity index (χ0n) is 85.0. The number of fused-ring (bicyclic) bond motifs is 9. The fourth-order valence-electron chi connectivity index (χ4n) is 22.2. The number of hydrogen-bond donors (Lipinski definition) is 9. The van der Waals surface area contributed by atoms with Crippen LogP contribution in [0.4, 0.5) is 19.2 Å². The number of hydrogen-bond acceptors (Lipinski definition) is 25. The van der Waals surface area contributed by atoms with Gasteiger partial charge in [-0.3, -0.25) is 81.6 Å². The van der Waals surface area contributed by atoms with E-state index in [0.29, 0.717) is 129 Å². The second-order valence-electron chi connectivity index (χ2n) is 43.0. The number of sulfonamides is 3. The second-order valence-corrected chi connectivity index (χ2v) is 48.9. The highest BCUT2D eigenvalue weighted by Gasteiger charge is 2.66. The lowest BCUT2D eigenvalue weighted by Gasteiger charge is -2.32. The highest BCUT2D eigenvalue weighted by molar-refractivity contribution is 7.91. The summed E-state index contributed by atoms with van der Waals surface area (Å²) in [5.41, 5.74) is 4.45. The number of benzene rings is 3. The number of cyclic esters (lactones) is 1. The van der Waals surface area contributed by atoms with Crippen molar-refractivity contribution in [1.29, 1.82) is 0 Å². The van der Waals surface area contributed by atoms with Crippen molar-refractivity contribution in [3.8, 4) is 0 Å².